The average molecular weight is 324 g/mol. The molecule has 1 heterocycles. The van der Waals surface area contributed by atoms with E-state index in [1.165, 1.54) is 24.4 Å². The van der Waals surface area contributed by atoms with Crippen molar-refractivity contribution in [2.24, 2.45) is 0 Å². The number of aromatic nitrogens is 1. The van der Waals surface area contributed by atoms with Crippen molar-refractivity contribution in [2.75, 3.05) is 5.32 Å². The van der Waals surface area contributed by atoms with Gasteiger partial charge >= 0.3 is 0 Å². The number of carbonyl (C=O) groups excluding carboxylic acids is 2. The van der Waals surface area contributed by atoms with Crippen molar-refractivity contribution in [1.82, 2.24) is 4.98 Å². The van der Waals surface area contributed by atoms with Crippen LogP contribution in [-0.4, -0.2) is 16.7 Å². The van der Waals surface area contributed by atoms with Crippen molar-refractivity contribution in [3.05, 3.63) is 64.6 Å². The fourth-order valence-corrected chi connectivity index (χ4v) is 2.96. The number of halogens is 1. The summed E-state index contributed by atoms with van der Waals surface area (Å²) in [7, 11) is 0. The van der Waals surface area contributed by atoms with Crippen molar-refractivity contribution >= 4 is 28.3 Å². The molecule has 122 valence electrons. The number of H-pyrrole nitrogens is 1. The Balaban J connectivity index is 1.91. The maximum Gasteiger partial charge on any atom is 0.296 e. The van der Waals surface area contributed by atoms with E-state index in [-0.39, 0.29) is 5.56 Å². The first-order valence-corrected chi connectivity index (χ1v) is 7.57. The predicted octanol–water partition coefficient (Wildman–Crippen LogP) is 4.05. The number of aryl methyl sites for hydroxylation is 3. The molecule has 2 aromatic carbocycles. The lowest BCUT2D eigenvalue weighted by Gasteiger charge is -2.12. The van der Waals surface area contributed by atoms with Crippen LogP contribution in [0.5, 0.6) is 0 Å². The van der Waals surface area contributed by atoms with E-state index < -0.39 is 17.5 Å². The number of hydrogen-bond acceptors (Lipinski definition) is 2. The van der Waals surface area contributed by atoms with E-state index in [4.69, 9.17) is 0 Å². The van der Waals surface area contributed by atoms with Crippen molar-refractivity contribution in [1.29, 1.82) is 0 Å². The first kappa shape index (κ1) is 15.9. The van der Waals surface area contributed by atoms with Crippen molar-refractivity contribution in [3.8, 4) is 0 Å². The minimum atomic E-state index is -0.713. The second kappa shape index (κ2) is 5.92. The second-order valence-corrected chi connectivity index (χ2v) is 5.95. The molecule has 5 heteroatoms. The number of Topliss-reactive ketones (excluding diaryl/α,β-unsaturated/α-hetero) is 1. The summed E-state index contributed by atoms with van der Waals surface area (Å²) in [5.74, 6) is -1.78. The molecule has 1 amide bonds. The first-order chi connectivity index (χ1) is 11.4. The summed E-state index contributed by atoms with van der Waals surface area (Å²) in [6.45, 7) is 5.74. The van der Waals surface area contributed by atoms with Crippen LogP contribution in [-0.2, 0) is 4.79 Å². The number of ketones is 1. The van der Waals surface area contributed by atoms with Gasteiger partial charge in [-0.3, -0.25) is 9.59 Å². The SMILES string of the molecule is Cc1cc(C)c(NC(=O)C(=O)c2c[nH]c3cc(F)ccc23)c(C)c1. The van der Waals surface area contributed by atoms with E-state index in [1.807, 2.05) is 32.9 Å². The highest BCUT2D eigenvalue weighted by molar-refractivity contribution is 6.48. The zero-order valence-corrected chi connectivity index (χ0v) is 13.7. The molecule has 24 heavy (non-hydrogen) atoms. The van der Waals surface area contributed by atoms with Crippen molar-refractivity contribution < 1.29 is 14.0 Å². The molecule has 0 atom stereocenters. The highest BCUT2D eigenvalue weighted by atomic mass is 19.1. The zero-order valence-electron chi connectivity index (χ0n) is 13.7. The monoisotopic (exact) mass is 324 g/mol. The number of benzene rings is 2. The maximum absolute atomic E-state index is 13.2. The van der Waals surface area contributed by atoms with Crippen molar-refractivity contribution in [2.45, 2.75) is 20.8 Å². The van der Waals surface area contributed by atoms with Gasteiger partial charge in [0.05, 0.1) is 5.56 Å². The van der Waals surface area contributed by atoms with E-state index in [9.17, 15) is 14.0 Å². The number of aromatic amines is 1. The Hall–Kier alpha value is -2.95. The lowest BCUT2D eigenvalue weighted by atomic mass is 10.0. The smallest absolute Gasteiger partial charge is 0.296 e. The quantitative estimate of drug-likeness (QED) is 0.564. The second-order valence-electron chi connectivity index (χ2n) is 5.95. The lowest BCUT2D eigenvalue weighted by Crippen LogP contribution is -2.23. The van der Waals surface area contributed by atoms with Crippen LogP contribution >= 0.6 is 0 Å². The van der Waals surface area contributed by atoms with Crippen LogP contribution in [0.4, 0.5) is 10.1 Å². The van der Waals surface area contributed by atoms with Gasteiger partial charge in [0.15, 0.2) is 0 Å². The summed E-state index contributed by atoms with van der Waals surface area (Å²) in [5.41, 5.74) is 4.24. The first-order valence-electron chi connectivity index (χ1n) is 7.57. The third kappa shape index (κ3) is 2.80. The Morgan fingerprint density at radius 3 is 2.38 bits per heavy atom. The van der Waals surface area contributed by atoms with E-state index in [2.05, 4.69) is 10.3 Å². The third-order valence-electron chi connectivity index (χ3n) is 4.01. The molecule has 0 aliphatic heterocycles. The van der Waals surface area contributed by atoms with Crippen LogP contribution in [0.3, 0.4) is 0 Å². The van der Waals surface area contributed by atoms with E-state index >= 15 is 0 Å². The number of nitrogens with one attached hydrogen (secondary N) is 2. The van der Waals surface area contributed by atoms with Gasteiger partial charge in [-0.25, -0.2) is 4.39 Å². The fraction of sp³-hybridized carbons (Fsp3) is 0.158. The number of hydrogen-bond donors (Lipinski definition) is 2. The molecule has 0 fully saturated rings. The van der Waals surface area contributed by atoms with Crippen LogP contribution in [0.2, 0.25) is 0 Å². The fourth-order valence-electron chi connectivity index (χ4n) is 2.96. The molecule has 3 rings (SSSR count). The summed E-state index contributed by atoms with van der Waals surface area (Å²) in [6, 6.07) is 7.94. The zero-order chi connectivity index (χ0) is 17.4. The topological polar surface area (TPSA) is 62.0 Å². The Morgan fingerprint density at radius 2 is 1.71 bits per heavy atom. The van der Waals surface area contributed by atoms with Gasteiger partial charge in [-0.1, -0.05) is 17.7 Å². The molecule has 0 aliphatic rings. The van der Waals surface area contributed by atoms with Crippen molar-refractivity contribution in [3.63, 3.8) is 0 Å². The Labute approximate surface area is 138 Å². The Bertz CT molecular complexity index is 950. The van der Waals surface area contributed by atoms with Gasteiger partial charge in [-0.15, -0.1) is 0 Å². The number of amides is 1. The lowest BCUT2D eigenvalue weighted by molar-refractivity contribution is -0.112. The van der Waals surface area contributed by atoms with E-state index in [1.54, 1.807) is 0 Å². The molecule has 0 spiro atoms. The van der Waals surface area contributed by atoms with Gasteiger partial charge in [-0.2, -0.15) is 0 Å². The molecule has 0 bridgehead atoms. The molecule has 2 N–H and O–H groups in total. The highest BCUT2D eigenvalue weighted by Gasteiger charge is 2.21. The van der Waals surface area contributed by atoms with Gasteiger partial charge in [0, 0.05) is 22.8 Å². The van der Waals surface area contributed by atoms with Crippen LogP contribution in [0, 0.1) is 26.6 Å². The predicted molar refractivity (Wildman–Crippen MR) is 91.9 cm³/mol. The van der Waals surface area contributed by atoms with Gasteiger partial charge in [0.25, 0.3) is 11.7 Å². The molecule has 3 aromatic rings. The maximum atomic E-state index is 13.2. The van der Waals surface area contributed by atoms with E-state index in [0.29, 0.717) is 16.6 Å². The molecular formula is C19H17FN2O2. The van der Waals surface area contributed by atoms with Gasteiger partial charge in [-0.05, 0) is 50.1 Å². The highest BCUT2D eigenvalue weighted by Crippen LogP contribution is 2.23. The largest absolute Gasteiger partial charge is 0.360 e. The Morgan fingerprint density at radius 1 is 1.04 bits per heavy atom. The number of rotatable bonds is 3. The third-order valence-corrected chi connectivity index (χ3v) is 4.01. The number of anilines is 1. The van der Waals surface area contributed by atoms with Gasteiger partial charge in [0.1, 0.15) is 5.82 Å². The summed E-state index contributed by atoms with van der Waals surface area (Å²) in [5, 5.41) is 3.22. The minimum Gasteiger partial charge on any atom is -0.360 e. The number of fused-ring (bicyclic) bond motifs is 1. The molecule has 0 unspecified atom stereocenters. The van der Waals surface area contributed by atoms with Crippen LogP contribution in [0.25, 0.3) is 10.9 Å². The van der Waals surface area contributed by atoms with Gasteiger partial charge in [0.2, 0.25) is 0 Å². The minimum absolute atomic E-state index is 0.227. The van der Waals surface area contributed by atoms with E-state index in [0.717, 1.165) is 16.7 Å². The Kier molecular flexibility index (Phi) is 3.93. The van der Waals surface area contributed by atoms with Crippen LogP contribution in [0.1, 0.15) is 27.0 Å². The summed E-state index contributed by atoms with van der Waals surface area (Å²) < 4.78 is 13.2. The molecule has 0 saturated carbocycles. The summed E-state index contributed by atoms with van der Waals surface area (Å²) >= 11 is 0. The molecular weight excluding hydrogens is 307 g/mol. The molecule has 0 aliphatic carbocycles. The molecule has 0 saturated heterocycles. The normalized spacial score (nSPS) is 10.8. The molecule has 0 radical (unpaired) electrons. The summed E-state index contributed by atoms with van der Waals surface area (Å²) in [6.07, 6.45) is 1.43. The van der Waals surface area contributed by atoms with Crippen LogP contribution in [0.15, 0.2) is 36.5 Å². The standard InChI is InChI=1S/C19H17FN2O2/c1-10-6-11(2)17(12(3)7-10)22-19(24)18(23)15-9-21-16-8-13(20)4-5-14(15)16/h4-9,21H,1-3H3,(H,22,24). The van der Waals surface area contributed by atoms with Gasteiger partial charge < -0.3 is 10.3 Å². The average Bonchev–Trinajstić information content (AvgIpc) is 2.92. The molecule has 4 nitrogen and oxygen atoms in total. The number of carbonyl (C=O) groups is 2. The van der Waals surface area contributed by atoms with Crippen LogP contribution < -0.4 is 5.32 Å². The summed E-state index contributed by atoms with van der Waals surface area (Å²) in [4.78, 5) is 27.7. The molecule has 1 aromatic heterocycles.